The smallest absolute Gasteiger partial charge is 0.251 e. The molecule has 0 radical (unpaired) electrons. The topological polar surface area (TPSA) is 78.5 Å². The Kier molecular flexibility index (Phi) is 7.63. The first-order valence-corrected chi connectivity index (χ1v) is 9.75. The van der Waals surface area contributed by atoms with Crippen LogP contribution in [0, 0.1) is 5.92 Å². The Morgan fingerprint density at radius 2 is 1.92 bits per heavy atom. The lowest BCUT2D eigenvalue weighted by molar-refractivity contribution is -0.133. The summed E-state index contributed by atoms with van der Waals surface area (Å²) in [5.74, 6) is 0.0516. The Bertz CT molecular complexity index is 655. The normalized spacial score (nSPS) is 15.0. The van der Waals surface area contributed by atoms with Gasteiger partial charge in [0.15, 0.2) is 0 Å². The van der Waals surface area contributed by atoms with Gasteiger partial charge in [-0.3, -0.25) is 14.4 Å². The third kappa shape index (κ3) is 6.44. The molecule has 1 aromatic carbocycles. The monoisotopic (exact) mass is 423 g/mol. The lowest BCUT2D eigenvalue weighted by Gasteiger charge is -2.32. The van der Waals surface area contributed by atoms with Crippen molar-refractivity contribution in [2.45, 2.75) is 39.2 Å². The van der Waals surface area contributed by atoms with E-state index in [9.17, 15) is 14.4 Å². The number of hydrogen-bond acceptors (Lipinski definition) is 3. The van der Waals surface area contributed by atoms with Crippen LogP contribution < -0.4 is 10.6 Å². The summed E-state index contributed by atoms with van der Waals surface area (Å²) in [5.41, 5.74) is 0.504. The number of hydrogen-bond donors (Lipinski definition) is 2. The van der Waals surface area contributed by atoms with Crippen LogP contribution in [-0.4, -0.2) is 48.3 Å². The van der Waals surface area contributed by atoms with Gasteiger partial charge >= 0.3 is 0 Å². The molecule has 0 atom stereocenters. The lowest BCUT2D eigenvalue weighted by Crippen LogP contribution is -2.48. The Balaban J connectivity index is 1.70. The van der Waals surface area contributed by atoms with Crippen LogP contribution in [0.15, 0.2) is 28.7 Å². The fourth-order valence-corrected chi connectivity index (χ4v) is 3.32. The molecule has 1 aliphatic heterocycles. The molecule has 7 heteroatoms. The van der Waals surface area contributed by atoms with Crippen molar-refractivity contribution in [3.8, 4) is 0 Å². The molecule has 0 aromatic heterocycles. The summed E-state index contributed by atoms with van der Waals surface area (Å²) < 4.78 is 0.813. The summed E-state index contributed by atoms with van der Waals surface area (Å²) in [6.07, 6.45) is 2.06. The molecule has 1 aromatic rings. The number of piperidine rings is 1. The molecule has 142 valence electrons. The maximum Gasteiger partial charge on any atom is 0.251 e. The second kappa shape index (κ2) is 9.71. The third-order valence-corrected chi connectivity index (χ3v) is 4.79. The third-order valence-electron chi connectivity index (χ3n) is 4.29. The van der Waals surface area contributed by atoms with Gasteiger partial charge in [-0.2, -0.15) is 0 Å². The van der Waals surface area contributed by atoms with Gasteiger partial charge in [-0.25, -0.2) is 0 Å². The van der Waals surface area contributed by atoms with E-state index >= 15 is 0 Å². The predicted octanol–water partition coefficient (Wildman–Crippen LogP) is 2.33. The molecule has 0 unspecified atom stereocenters. The van der Waals surface area contributed by atoms with E-state index in [-0.39, 0.29) is 30.3 Å². The van der Waals surface area contributed by atoms with Gasteiger partial charge in [0.05, 0.1) is 6.54 Å². The van der Waals surface area contributed by atoms with Crippen molar-refractivity contribution in [3.63, 3.8) is 0 Å². The number of halogens is 1. The number of carbonyl (C=O) groups excluding carboxylic acids is 3. The molecule has 1 fully saturated rings. The van der Waals surface area contributed by atoms with Crippen LogP contribution in [0.25, 0.3) is 0 Å². The van der Waals surface area contributed by atoms with Crippen molar-refractivity contribution >= 4 is 33.7 Å². The molecule has 2 N–H and O–H groups in total. The fraction of sp³-hybridized carbons (Fsp3) is 0.526. The average molecular weight is 424 g/mol. The number of nitrogens with zero attached hydrogens (tertiary/aromatic N) is 1. The van der Waals surface area contributed by atoms with E-state index in [0.29, 0.717) is 31.0 Å². The lowest BCUT2D eigenvalue weighted by atomic mass is 10.0. The van der Waals surface area contributed by atoms with Crippen molar-refractivity contribution in [2.75, 3.05) is 19.6 Å². The van der Waals surface area contributed by atoms with Gasteiger partial charge in [0, 0.05) is 35.6 Å². The number of carbonyl (C=O) groups is 3. The molecule has 0 aliphatic carbocycles. The quantitative estimate of drug-likeness (QED) is 0.736. The second-order valence-electron chi connectivity index (χ2n) is 7.01. The number of nitrogens with one attached hydrogen (secondary N) is 2. The minimum Gasteiger partial charge on any atom is -0.352 e. The number of benzene rings is 1. The zero-order chi connectivity index (χ0) is 19.1. The first kappa shape index (κ1) is 20.4. The summed E-state index contributed by atoms with van der Waals surface area (Å²) in [4.78, 5) is 38.0. The van der Waals surface area contributed by atoms with E-state index in [1.807, 2.05) is 24.8 Å². The fourth-order valence-electron chi connectivity index (χ4n) is 2.92. The highest BCUT2D eigenvalue weighted by molar-refractivity contribution is 9.10. The van der Waals surface area contributed by atoms with Gasteiger partial charge in [0.2, 0.25) is 11.8 Å². The number of likely N-dealkylation sites (tertiary alicyclic amines) is 1. The number of rotatable bonds is 6. The van der Waals surface area contributed by atoms with Crippen LogP contribution in [0.3, 0.4) is 0 Å². The van der Waals surface area contributed by atoms with Gasteiger partial charge in [-0.05, 0) is 37.0 Å². The molecule has 1 aliphatic rings. The molecule has 0 bridgehead atoms. The second-order valence-corrected chi connectivity index (χ2v) is 7.93. The summed E-state index contributed by atoms with van der Waals surface area (Å²) in [6.45, 7) is 5.35. The zero-order valence-corrected chi connectivity index (χ0v) is 16.8. The van der Waals surface area contributed by atoms with Crippen molar-refractivity contribution in [1.29, 1.82) is 0 Å². The minimum atomic E-state index is -0.282. The van der Waals surface area contributed by atoms with Gasteiger partial charge < -0.3 is 15.5 Å². The van der Waals surface area contributed by atoms with Crippen LogP contribution in [0.1, 0.15) is 43.5 Å². The predicted molar refractivity (Wildman–Crippen MR) is 104 cm³/mol. The van der Waals surface area contributed by atoms with Gasteiger partial charge in [0.1, 0.15) is 0 Å². The molecular formula is C19H26BrN3O3. The zero-order valence-electron chi connectivity index (χ0n) is 15.3. The molecule has 0 saturated carbocycles. The van der Waals surface area contributed by atoms with E-state index in [2.05, 4.69) is 26.6 Å². The van der Waals surface area contributed by atoms with E-state index in [1.54, 1.807) is 18.2 Å². The van der Waals surface area contributed by atoms with Gasteiger partial charge in [-0.1, -0.05) is 35.8 Å². The Labute approximate surface area is 162 Å². The summed E-state index contributed by atoms with van der Waals surface area (Å²) in [5, 5.41) is 5.56. The van der Waals surface area contributed by atoms with Crippen molar-refractivity contribution < 1.29 is 14.4 Å². The molecule has 3 amide bonds. The molecule has 2 rings (SSSR count). The summed E-state index contributed by atoms with van der Waals surface area (Å²) in [6, 6.07) is 7.06. The van der Waals surface area contributed by atoms with Crippen molar-refractivity contribution in [1.82, 2.24) is 15.5 Å². The van der Waals surface area contributed by atoms with Crippen LogP contribution in [0.5, 0.6) is 0 Å². The highest BCUT2D eigenvalue weighted by atomic mass is 79.9. The largest absolute Gasteiger partial charge is 0.352 e. The molecule has 1 heterocycles. The van der Waals surface area contributed by atoms with Gasteiger partial charge in [-0.15, -0.1) is 0 Å². The Morgan fingerprint density at radius 3 is 2.54 bits per heavy atom. The Hall–Kier alpha value is -1.89. The maximum absolute atomic E-state index is 12.1. The molecule has 0 spiro atoms. The Morgan fingerprint density at radius 1 is 1.23 bits per heavy atom. The highest BCUT2D eigenvalue weighted by Crippen LogP contribution is 2.14. The first-order chi connectivity index (χ1) is 12.3. The number of amides is 3. The molecule has 26 heavy (non-hydrogen) atoms. The van der Waals surface area contributed by atoms with Crippen molar-refractivity contribution in [3.05, 3.63) is 34.3 Å². The summed E-state index contributed by atoms with van der Waals surface area (Å²) in [7, 11) is 0. The highest BCUT2D eigenvalue weighted by Gasteiger charge is 2.24. The minimum absolute atomic E-state index is 0.0494. The molecule has 6 nitrogen and oxygen atoms in total. The standard InChI is InChI=1S/C19H26BrN3O3/c1-13(2)10-18(25)23-8-6-16(7-9-23)22-17(24)12-21-19(26)14-4-3-5-15(20)11-14/h3-5,11,13,16H,6-10,12H2,1-2H3,(H,21,26)(H,22,24). The average Bonchev–Trinajstić information content (AvgIpc) is 2.59. The van der Waals surface area contributed by atoms with E-state index < -0.39 is 0 Å². The first-order valence-electron chi connectivity index (χ1n) is 8.96. The van der Waals surface area contributed by atoms with E-state index in [4.69, 9.17) is 0 Å². The SMILES string of the molecule is CC(C)CC(=O)N1CCC(NC(=O)CNC(=O)c2cccc(Br)c2)CC1. The molecular weight excluding hydrogens is 398 g/mol. The van der Waals surface area contributed by atoms with Crippen LogP contribution in [-0.2, 0) is 9.59 Å². The van der Waals surface area contributed by atoms with Crippen LogP contribution in [0.2, 0.25) is 0 Å². The van der Waals surface area contributed by atoms with Crippen LogP contribution >= 0.6 is 15.9 Å². The van der Waals surface area contributed by atoms with Gasteiger partial charge in [0.25, 0.3) is 5.91 Å². The maximum atomic E-state index is 12.1. The van der Waals surface area contributed by atoms with Crippen LogP contribution in [0.4, 0.5) is 0 Å². The van der Waals surface area contributed by atoms with Crippen molar-refractivity contribution in [2.24, 2.45) is 5.92 Å². The summed E-state index contributed by atoms with van der Waals surface area (Å²) >= 11 is 3.32. The molecule has 1 saturated heterocycles. The van der Waals surface area contributed by atoms with E-state index in [1.165, 1.54) is 0 Å². The van der Waals surface area contributed by atoms with E-state index in [0.717, 1.165) is 17.3 Å².